The molecule has 6 nitrogen and oxygen atoms in total. The van der Waals surface area contributed by atoms with Gasteiger partial charge in [0.2, 0.25) is 0 Å². The van der Waals surface area contributed by atoms with Crippen LogP contribution in [-0.4, -0.2) is 17.8 Å². The number of carbonyl (C=O) groups excluding carboxylic acids is 3. The number of nitrogens with one attached hydrogen (secondary N) is 1. The SMILES string of the molecule is Cc1ccccc1N1C(=O)NC(=O)/C(=C\c2ccc(-c3cccc(F)c3)o2)C1=O. The summed E-state index contributed by atoms with van der Waals surface area (Å²) in [4.78, 5) is 38.4. The molecule has 4 amide bonds. The standard InChI is InChI=1S/C22H15FN2O4/c1-13-5-2-3-8-18(13)25-21(27)17(20(26)24-22(25)28)12-16-9-10-19(29-16)14-6-4-7-15(23)11-14/h2-12H,1H3,(H,24,26,28)/b17-12+. The van der Waals surface area contributed by atoms with Gasteiger partial charge in [0, 0.05) is 5.56 Å². The van der Waals surface area contributed by atoms with Crippen molar-refractivity contribution in [2.75, 3.05) is 4.90 Å². The molecule has 1 aliphatic heterocycles. The second kappa shape index (κ2) is 7.20. The van der Waals surface area contributed by atoms with Crippen LogP contribution in [0.2, 0.25) is 0 Å². The normalized spacial score (nSPS) is 15.7. The molecule has 0 unspecified atom stereocenters. The Labute approximate surface area is 165 Å². The maximum atomic E-state index is 13.4. The van der Waals surface area contributed by atoms with Crippen molar-refractivity contribution in [3.8, 4) is 11.3 Å². The Bertz CT molecular complexity index is 1180. The molecule has 144 valence electrons. The van der Waals surface area contributed by atoms with Crippen LogP contribution in [0.1, 0.15) is 11.3 Å². The van der Waals surface area contributed by atoms with Gasteiger partial charge in [0.1, 0.15) is 22.9 Å². The van der Waals surface area contributed by atoms with Gasteiger partial charge in [0.25, 0.3) is 11.8 Å². The summed E-state index contributed by atoms with van der Waals surface area (Å²) >= 11 is 0. The number of urea groups is 1. The van der Waals surface area contributed by atoms with E-state index in [1.807, 2.05) is 0 Å². The largest absolute Gasteiger partial charge is 0.457 e. The third-order valence-corrected chi connectivity index (χ3v) is 4.48. The van der Waals surface area contributed by atoms with Crippen LogP contribution in [0.4, 0.5) is 14.9 Å². The summed E-state index contributed by atoms with van der Waals surface area (Å²) in [6, 6.07) is 15.1. The van der Waals surface area contributed by atoms with Crippen LogP contribution >= 0.6 is 0 Å². The Morgan fingerprint density at radius 1 is 1.00 bits per heavy atom. The van der Waals surface area contributed by atoms with Gasteiger partial charge in [0.05, 0.1) is 5.69 Å². The number of hydrogen-bond donors (Lipinski definition) is 1. The minimum Gasteiger partial charge on any atom is -0.457 e. The first-order valence-electron chi connectivity index (χ1n) is 8.77. The molecule has 1 saturated heterocycles. The summed E-state index contributed by atoms with van der Waals surface area (Å²) < 4.78 is 19.1. The number of anilines is 1. The summed E-state index contributed by atoms with van der Waals surface area (Å²) in [5.41, 5.74) is 1.36. The smallest absolute Gasteiger partial charge is 0.335 e. The number of aryl methyl sites for hydroxylation is 1. The van der Waals surface area contributed by atoms with E-state index in [2.05, 4.69) is 5.32 Å². The van der Waals surface area contributed by atoms with Crippen molar-refractivity contribution in [3.63, 3.8) is 0 Å². The van der Waals surface area contributed by atoms with Crippen molar-refractivity contribution >= 4 is 29.6 Å². The fourth-order valence-corrected chi connectivity index (χ4v) is 3.06. The van der Waals surface area contributed by atoms with Gasteiger partial charge in [-0.15, -0.1) is 0 Å². The first-order valence-corrected chi connectivity index (χ1v) is 8.77. The zero-order valence-corrected chi connectivity index (χ0v) is 15.3. The third kappa shape index (κ3) is 3.45. The molecule has 0 radical (unpaired) electrons. The van der Waals surface area contributed by atoms with E-state index in [0.717, 1.165) is 4.90 Å². The van der Waals surface area contributed by atoms with Gasteiger partial charge in [-0.25, -0.2) is 14.1 Å². The van der Waals surface area contributed by atoms with E-state index in [-0.39, 0.29) is 11.3 Å². The quantitative estimate of drug-likeness (QED) is 0.540. The van der Waals surface area contributed by atoms with Crippen LogP contribution in [0, 0.1) is 12.7 Å². The fourth-order valence-electron chi connectivity index (χ4n) is 3.06. The molecule has 1 fully saturated rings. The van der Waals surface area contributed by atoms with Gasteiger partial charge < -0.3 is 4.42 Å². The van der Waals surface area contributed by atoms with Crippen molar-refractivity contribution in [2.24, 2.45) is 0 Å². The number of furan rings is 1. The van der Waals surface area contributed by atoms with Crippen LogP contribution < -0.4 is 10.2 Å². The molecular formula is C22H15FN2O4. The maximum absolute atomic E-state index is 13.4. The molecule has 1 aliphatic rings. The number of para-hydroxylation sites is 1. The van der Waals surface area contributed by atoms with Crippen molar-refractivity contribution in [3.05, 3.63) is 83.4 Å². The Morgan fingerprint density at radius 3 is 2.55 bits per heavy atom. The van der Waals surface area contributed by atoms with Crippen LogP contribution in [0.3, 0.4) is 0 Å². The topological polar surface area (TPSA) is 79.6 Å². The van der Waals surface area contributed by atoms with Crippen LogP contribution in [0.25, 0.3) is 17.4 Å². The van der Waals surface area contributed by atoms with E-state index in [1.165, 1.54) is 18.2 Å². The molecule has 3 aromatic rings. The third-order valence-electron chi connectivity index (χ3n) is 4.48. The van der Waals surface area contributed by atoms with E-state index in [0.29, 0.717) is 22.6 Å². The molecule has 7 heteroatoms. The van der Waals surface area contributed by atoms with Crippen molar-refractivity contribution < 1.29 is 23.2 Å². The molecule has 0 bridgehead atoms. The molecule has 2 aromatic carbocycles. The highest BCUT2D eigenvalue weighted by Gasteiger charge is 2.37. The lowest BCUT2D eigenvalue weighted by Crippen LogP contribution is -2.54. The van der Waals surface area contributed by atoms with Gasteiger partial charge in [-0.1, -0.05) is 30.3 Å². The van der Waals surface area contributed by atoms with E-state index in [4.69, 9.17) is 4.42 Å². The monoisotopic (exact) mass is 390 g/mol. The lowest BCUT2D eigenvalue weighted by molar-refractivity contribution is -0.122. The summed E-state index contributed by atoms with van der Waals surface area (Å²) in [6.07, 6.45) is 1.26. The number of imide groups is 2. The molecular weight excluding hydrogens is 375 g/mol. The van der Waals surface area contributed by atoms with Crippen LogP contribution in [-0.2, 0) is 9.59 Å². The average molecular weight is 390 g/mol. The number of hydrogen-bond acceptors (Lipinski definition) is 4. The molecule has 0 saturated carbocycles. The number of barbiturate groups is 1. The van der Waals surface area contributed by atoms with Crippen LogP contribution in [0.5, 0.6) is 0 Å². The van der Waals surface area contributed by atoms with E-state index < -0.39 is 23.7 Å². The summed E-state index contributed by atoms with van der Waals surface area (Å²) in [6.45, 7) is 1.76. The Kier molecular flexibility index (Phi) is 4.56. The summed E-state index contributed by atoms with van der Waals surface area (Å²) in [5.74, 6) is -1.37. The highest BCUT2D eigenvalue weighted by Crippen LogP contribution is 2.27. The predicted molar refractivity (Wildman–Crippen MR) is 104 cm³/mol. The van der Waals surface area contributed by atoms with E-state index in [1.54, 1.807) is 55.5 Å². The van der Waals surface area contributed by atoms with Crippen molar-refractivity contribution in [1.29, 1.82) is 0 Å². The number of nitrogens with zero attached hydrogens (tertiary/aromatic N) is 1. The minimum atomic E-state index is -0.814. The summed E-state index contributed by atoms with van der Waals surface area (Å²) in [5, 5.41) is 2.17. The molecule has 1 aromatic heterocycles. The van der Waals surface area contributed by atoms with Gasteiger partial charge >= 0.3 is 6.03 Å². The Balaban J connectivity index is 1.70. The van der Waals surface area contributed by atoms with Gasteiger partial charge in [0.15, 0.2) is 0 Å². The number of amides is 4. The number of carbonyl (C=O) groups is 3. The minimum absolute atomic E-state index is 0.224. The van der Waals surface area contributed by atoms with E-state index >= 15 is 0 Å². The molecule has 0 spiro atoms. The summed E-state index contributed by atoms with van der Waals surface area (Å²) in [7, 11) is 0. The first kappa shape index (κ1) is 18.4. The molecule has 2 heterocycles. The Morgan fingerprint density at radius 2 is 1.79 bits per heavy atom. The Hall–Kier alpha value is -4.00. The van der Waals surface area contributed by atoms with E-state index in [9.17, 15) is 18.8 Å². The molecule has 0 aliphatic carbocycles. The fraction of sp³-hybridized carbons (Fsp3) is 0.0455. The average Bonchev–Trinajstić information content (AvgIpc) is 3.15. The zero-order valence-electron chi connectivity index (χ0n) is 15.3. The predicted octanol–water partition coefficient (Wildman–Crippen LogP) is 4.06. The second-order valence-electron chi connectivity index (χ2n) is 6.46. The lowest BCUT2D eigenvalue weighted by Gasteiger charge is -2.27. The molecule has 0 atom stereocenters. The van der Waals surface area contributed by atoms with Gasteiger partial charge in [-0.3, -0.25) is 14.9 Å². The number of halogens is 1. The lowest BCUT2D eigenvalue weighted by atomic mass is 10.1. The van der Waals surface area contributed by atoms with Gasteiger partial charge in [-0.2, -0.15) is 0 Å². The zero-order chi connectivity index (χ0) is 20.5. The van der Waals surface area contributed by atoms with Crippen LogP contribution in [0.15, 0.2) is 70.7 Å². The first-order chi connectivity index (χ1) is 13.9. The number of rotatable bonds is 3. The molecule has 1 N–H and O–H groups in total. The second-order valence-corrected chi connectivity index (χ2v) is 6.46. The van der Waals surface area contributed by atoms with Crippen molar-refractivity contribution in [2.45, 2.75) is 6.92 Å². The maximum Gasteiger partial charge on any atom is 0.335 e. The highest BCUT2D eigenvalue weighted by atomic mass is 19.1. The number of benzene rings is 2. The van der Waals surface area contributed by atoms with Gasteiger partial charge in [-0.05, 0) is 48.9 Å². The van der Waals surface area contributed by atoms with Crippen molar-refractivity contribution in [1.82, 2.24) is 5.32 Å². The molecule has 4 rings (SSSR count). The molecule has 29 heavy (non-hydrogen) atoms. The highest BCUT2D eigenvalue weighted by molar-refractivity contribution is 6.39.